The van der Waals surface area contributed by atoms with Gasteiger partial charge in [-0.25, -0.2) is 5.01 Å². The molecule has 1 fully saturated rings. The summed E-state index contributed by atoms with van der Waals surface area (Å²) in [6.07, 6.45) is 1.18. The molecule has 8 heteroatoms. The minimum absolute atomic E-state index is 0.244. The number of carbonyl (C=O) groups excluding carboxylic acids is 2. The van der Waals surface area contributed by atoms with Gasteiger partial charge in [0, 0.05) is 39.2 Å². The molecule has 1 saturated heterocycles. The third-order valence-electron chi connectivity index (χ3n) is 4.50. The van der Waals surface area contributed by atoms with Gasteiger partial charge in [-0.2, -0.15) is 0 Å². The molecule has 1 heterocycles. The number of hydrazine groups is 1. The van der Waals surface area contributed by atoms with Crippen LogP contribution >= 0.6 is 11.6 Å². The fourth-order valence-corrected chi connectivity index (χ4v) is 3.12. The second-order valence-electron chi connectivity index (χ2n) is 7.17. The number of hydrogen-bond donors (Lipinski definition) is 2. The number of hydrogen-bond acceptors (Lipinski definition) is 5. The highest BCUT2D eigenvalue weighted by atomic mass is 35.5. The first-order valence-corrected chi connectivity index (χ1v) is 9.61. The summed E-state index contributed by atoms with van der Waals surface area (Å²) in [5, 5.41) is 4.83. The van der Waals surface area contributed by atoms with Gasteiger partial charge in [-0.15, -0.1) is 0 Å². The van der Waals surface area contributed by atoms with E-state index in [1.54, 1.807) is 6.07 Å². The van der Waals surface area contributed by atoms with Crippen molar-refractivity contribution < 1.29 is 14.3 Å². The van der Waals surface area contributed by atoms with Gasteiger partial charge in [0.2, 0.25) is 5.91 Å². The van der Waals surface area contributed by atoms with Gasteiger partial charge in [0.1, 0.15) is 5.75 Å². The number of amides is 2. The van der Waals surface area contributed by atoms with E-state index in [-0.39, 0.29) is 16.8 Å². The van der Waals surface area contributed by atoms with Crippen LogP contribution in [0.3, 0.4) is 0 Å². The van der Waals surface area contributed by atoms with Crippen molar-refractivity contribution in [2.45, 2.75) is 27.2 Å². The summed E-state index contributed by atoms with van der Waals surface area (Å²) in [6, 6.07) is 3.07. The largest absolute Gasteiger partial charge is 0.496 e. The molecule has 0 spiro atoms. The van der Waals surface area contributed by atoms with E-state index in [0.29, 0.717) is 22.9 Å². The molecule has 1 aliphatic rings. The number of rotatable bonds is 7. The Labute approximate surface area is 165 Å². The molecule has 1 aromatic rings. The Balaban J connectivity index is 1.98. The number of ether oxygens (including phenoxy) is 1. The topological polar surface area (TPSA) is 73.9 Å². The average Bonchev–Trinajstić information content (AvgIpc) is 2.62. The Hall–Kier alpha value is -1.83. The molecular weight excluding hydrogens is 368 g/mol. The quantitative estimate of drug-likeness (QED) is 0.741. The number of benzene rings is 1. The van der Waals surface area contributed by atoms with E-state index in [4.69, 9.17) is 16.3 Å². The monoisotopic (exact) mass is 396 g/mol. The standard InChI is InChI=1S/C19H29ClN4O3/c1-13(2)5-6-23-7-9-24(10-8-23)22-19(26)15-11-16(20)17(21-14(3)25)12-18(15)27-4/h11-13H,5-10H2,1-4H3,(H,21,25)(H,22,26). The molecule has 150 valence electrons. The Kier molecular flexibility index (Phi) is 7.89. The van der Waals surface area contributed by atoms with E-state index >= 15 is 0 Å². The van der Waals surface area contributed by atoms with Crippen LogP contribution in [-0.4, -0.2) is 61.6 Å². The summed E-state index contributed by atoms with van der Waals surface area (Å²) >= 11 is 6.20. The van der Waals surface area contributed by atoms with Crippen molar-refractivity contribution in [2.75, 3.05) is 45.2 Å². The zero-order chi connectivity index (χ0) is 20.0. The van der Waals surface area contributed by atoms with Gasteiger partial charge in [0.25, 0.3) is 5.91 Å². The fraction of sp³-hybridized carbons (Fsp3) is 0.579. The smallest absolute Gasteiger partial charge is 0.269 e. The zero-order valence-electron chi connectivity index (χ0n) is 16.5. The number of nitrogens with one attached hydrogen (secondary N) is 2. The first-order chi connectivity index (χ1) is 12.8. The summed E-state index contributed by atoms with van der Waals surface area (Å²) in [7, 11) is 1.48. The van der Waals surface area contributed by atoms with Crippen LogP contribution in [0.1, 0.15) is 37.6 Å². The highest BCUT2D eigenvalue weighted by Crippen LogP contribution is 2.31. The molecule has 0 aliphatic carbocycles. The second kappa shape index (κ2) is 9.92. The van der Waals surface area contributed by atoms with Crippen LogP contribution in [-0.2, 0) is 4.79 Å². The molecule has 2 rings (SSSR count). The van der Waals surface area contributed by atoms with Crippen molar-refractivity contribution in [3.63, 3.8) is 0 Å². The zero-order valence-corrected chi connectivity index (χ0v) is 17.2. The summed E-state index contributed by atoms with van der Waals surface area (Å²) in [6.45, 7) is 10.3. The van der Waals surface area contributed by atoms with Crippen LogP contribution in [0.5, 0.6) is 5.75 Å². The minimum atomic E-state index is -0.279. The van der Waals surface area contributed by atoms with Crippen molar-refractivity contribution in [1.29, 1.82) is 0 Å². The molecule has 2 amide bonds. The summed E-state index contributed by atoms with van der Waals surface area (Å²) in [4.78, 5) is 26.4. The van der Waals surface area contributed by atoms with Crippen LogP contribution in [0.4, 0.5) is 5.69 Å². The Morgan fingerprint density at radius 2 is 1.89 bits per heavy atom. The van der Waals surface area contributed by atoms with Crippen molar-refractivity contribution in [3.05, 3.63) is 22.7 Å². The summed E-state index contributed by atoms with van der Waals surface area (Å²) < 4.78 is 5.31. The van der Waals surface area contributed by atoms with Crippen LogP contribution < -0.4 is 15.5 Å². The average molecular weight is 397 g/mol. The van der Waals surface area contributed by atoms with E-state index in [0.717, 1.165) is 32.7 Å². The number of carbonyl (C=O) groups is 2. The van der Waals surface area contributed by atoms with E-state index < -0.39 is 0 Å². The maximum absolute atomic E-state index is 12.7. The fourth-order valence-electron chi connectivity index (χ4n) is 2.91. The Morgan fingerprint density at radius 1 is 1.22 bits per heavy atom. The van der Waals surface area contributed by atoms with Gasteiger partial charge >= 0.3 is 0 Å². The normalized spacial score (nSPS) is 15.6. The van der Waals surface area contributed by atoms with Crippen LogP contribution in [0.25, 0.3) is 0 Å². The molecule has 0 unspecified atom stereocenters. The second-order valence-corrected chi connectivity index (χ2v) is 7.57. The molecule has 0 atom stereocenters. The molecule has 0 saturated carbocycles. The van der Waals surface area contributed by atoms with Crippen molar-refractivity contribution in [1.82, 2.24) is 15.3 Å². The lowest BCUT2D eigenvalue weighted by molar-refractivity contribution is -0.114. The highest BCUT2D eigenvalue weighted by molar-refractivity contribution is 6.34. The van der Waals surface area contributed by atoms with Crippen LogP contribution in [0.2, 0.25) is 5.02 Å². The van der Waals surface area contributed by atoms with Gasteiger partial charge in [-0.1, -0.05) is 25.4 Å². The van der Waals surface area contributed by atoms with E-state index in [2.05, 4.69) is 29.5 Å². The van der Waals surface area contributed by atoms with Gasteiger partial charge < -0.3 is 15.0 Å². The highest BCUT2D eigenvalue weighted by Gasteiger charge is 2.22. The molecule has 0 bridgehead atoms. The number of piperazine rings is 1. The van der Waals surface area contributed by atoms with Gasteiger partial charge in [0.15, 0.2) is 0 Å². The van der Waals surface area contributed by atoms with Crippen molar-refractivity contribution in [3.8, 4) is 5.75 Å². The lowest BCUT2D eigenvalue weighted by atomic mass is 10.1. The number of halogens is 1. The van der Waals surface area contributed by atoms with E-state index in [1.807, 2.05) is 5.01 Å². The molecule has 1 aliphatic heterocycles. The van der Waals surface area contributed by atoms with Crippen LogP contribution in [0.15, 0.2) is 12.1 Å². The minimum Gasteiger partial charge on any atom is -0.496 e. The molecular formula is C19H29ClN4O3. The summed E-state index contributed by atoms with van der Waals surface area (Å²) in [5.74, 6) is 0.530. The Morgan fingerprint density at radius 3 is 2.44 bits per heavy atom. The predicted molar refractivity (Wildman–Crippen MR) is 107 cm³/mol. The maximum atomic E-state index is 12.7. The van der Waals surface area contributed by atoms with Gasteiger partial charge in [-0.05, 0) is 24.9 Å². The molecule has 0 radical (unpaired) electrons. The van der Waals surface area contributed by atoms with Crippen LogP contribution in [0, 0.1) is 5.92 Å². The maximum Gasteiger partial charge on any atom is 0.269 e. The summed E-state index contributed by atoms with van der Waals surface area (Å²) in [5.41, 5.74) is 3.67. The molecule has 0 aromatic heterocycles. The first-order valence-electron chi connectivity index (χ1n) is 9.23. The first kappa shape index (κ1) is 21.5. The molecule has 2 N–H and O–H groups in total. The van der Waals surface area contributed by atoms with Gasteiger partial charge in [0.05, 0.1) is 23.4 Å². The molecule has 27 heavy (non-hydrogen) atoms. The molecule has 7 nitrogen and oxygen atoms in total. The predicted octanol–water partition coefficient (Wildman–Crippen LogP) is 2.62. The van der Waals surface area contributed by atoms with E-state index in [9.17, 15) is 9.59 Å². The molecule has 1 aromatic carbocycles. The van der Waals surface area contributed by atoms with E-state index in [1.165, 1.54) is 26.5 Å². The Bertz CT molecular complexity index is 673. The van der Waals surface area contributed by atoms with Crippen molar-refractivity contribution in [2.24, 2.45) is 5.92 Å². The van der Waals surface area contributed by atoms with Crippen molar-refractivity contribution >= 4 is 29.1 Å². The lowest BCUT2D eigenvalue weighted by Crippen LogP contribution is -2.53. The number of anilines is 1. The number of nitrogens with zero attached hydrogens (tertiary/aromatic N) is 2. The number of methoxy groups -OCH3 is 1. The lowest BCUT2D eigenvalue weighted by Gasteiger charge is -2.35. The van der Waals surface area contributed by atoms with Gasteiger partial charge in [-0.3, -0.25) is 15.0 Å². The third kappa shape index (κ3) is 6.37. The third-order valence-corrected chi connectivity index (χ3v) is 4.81. The SMILES string of the molecule is COc1cc(NC(C)=O)c(Cl)cc1C(=O)NN1CCN(CCC(C)C)CC1.